The maximum atomic E-state index is 4.75. The minimum atomic E-state index is -0.0458. The van der Waals surface area contributed by atoms with Gasteiger partial charge in [-0.3, -0.25) is 0 Å². The number of fused-ring (bicyclic) bond motifs is 5. The van der Waals surface area contributed by atoms with Gasteiger partial charge in [0.25, 0.3) is 0 Å². The summed E-state index contributed by atoms with van der Waals surface area (Å²) in [6.45, 7) is 4.61. The van der Waals surface area contributed by atoms with Crippen molar-refractivity contribution in [1.29, 1.82) is 0 Å². The number of hydrogen-bond acceptors (Lipinski definition) is 6. The number of halogens is 2. The molecule has 0 radical (unpaired) electrons. The lowest BCUT2D eigenvalue weighted by molar-refractivity contribution is 0.398. The highest BCUT2D eigenvalue weighted by Gasteiger charge is 2.42. The summed E-state index contributed by atoms with van der Waals surface area (Å²) in [6, 6.07) is 23.1. The van der Waals surface area contributed by atoms with Gasteiger partial charge in [0.1, 0.15) is 22.1 Å². The molecule has 4 aromatic carbocycles. The fourth-order valence-electron chi connectivity index (χ4n) is 8.05. The van der Waals surface area contributed by atoms with Gasteiger partial charge >= 0.3 is 0 Å². The highest BCUT2D eigenvalue weighted by Crippen LogP contribution is 2.56. The topological polar surface area (TPSA) is 51.6 Å². The van der Waals surface area contributed by atoms with Crippen LogP contribution in [0.2, 0.25) is 0 Å². The standard InChI is InChI=1S/C41H44Br2N4S2/c1-3-5-7-9-11-13-23-41(24-14-12-10-8-6-4-2)33-25-27(29-19-21-35(42)39-37(29)44-48-46-39)15-17-31(33)32-18-16-28(26-34(32)41)30-20-22-36(43)40-38(30)45-49-47-40/h15-22,25-26H,3-14,23-24H2,1-2H3. The largest absolute Gasteiger partial charge is 0.172 e. The molecule has 0 spiro atoms. The molecular weight excluding hydrogens is 772 g/mol. The average molecular weight is 817 g/mol. The van der Waals surface area contributed by atoms with Crippen LogP contribution in [0.25, 0.3) is 55.4 Å². The summed E-state index contributed by atoms with van der Waals surface area (Å²) in [5.41, 5.74) is 14.4. The minimum absolute atomic E-state index is 0.0458. The van der Waals surface area contributed by atoms with E-state index in [2.05, 4.69) is 115 Å². The second kappa shape index (κ2) is 15.8. The van der Waals surface area contributed by atoms with E-state index in [1.807, 2.05) is 0 Å². The van der Waals surface area contributed by atoms with Crippen molar-refractivity contribution in [2.24, 2.45) is 0 Å². The third kappa shape index (κ3) is 6.92. The molecule has 1 aliphatic rings. The molecule has 7 rings (SSSR count). The van der Waals surface area contributed by atoms with Gasteiger partial charge in [0, 0.05) is 25.5 Å². The molecule has 6 aromatic rings. The van der Waals surface area contributed by atoms with Crippen molar-refractivity contribution in [3.05, 3.63) is 80.7 Å². The molecule has 254 valence electrons. The molecule has 0 bridgehead atoms. The second-order valence-electron chi connectivity index (χ2n) is 13.8. The molecule has 0 aliphatic heterocycles. The van der Waals surface area contributed by atoms with Crippen LogP contribution in [0.5, 0.6) is 0 Å². The average Bonchev–Trinajstić information content (AvgIpc) is 3.87. The Bertz CT molecular complexity index is 1920. The zero-order valence-corrected chi connectivity index (χ0v) is 33.3. The second-order valence-corrected chi connectivity index (χ2v) is 16.5. The van der Waals surface area contributed by atoms with E-state index >= 15 is 0 Å². The SMILES string of the molecule is CCCCCCCCC1(CCCCCCCC)c2cc(-c3ccc(Br)c4nsnc34)ccc2-c2ccc(-c3ccc(Br)c4nsnc34)cc21. The van der Waals surface area contributed by atoms with Gasteiger partial charge in [0.05, 0.1) is 23.5 Å². The molecule has 4 nitrogen and oxygen atoms in total. The van der Waals surface area contributed by atoms with Crippen molar-refractivity contribution >= 4 is 77.4 Å². The first-order valence-corrected chi connectivity index (χ1v) is 21.2. The third-order valence-corrected chi connectivity index (χ3v) is 13.0. The molecular formula is C41H44Br2N4S2. The number of benzene rings is 4. The first-order valence-electron chi connectivity index (χ1n) is 18.2. The van der Waals surface area contributed by atoms with E-state index in [0.29, 0.717) is 0 Å². The molecule has 0 saturated carbocycles. The highest BCUT2D eigenvalue weighted by atomic mass is 79.9. The summed E-state index contributed by atoms with van der Waals surface area (Å²) in [5, 5.41) is 0. The first kappa shape index (κ1) is 34.9. The molecule has 0 atom stereocenters. The molecule has 0 N–H and O–H groups in total. The van der Waals surface area contributed by atoms with Crippen LogP contribution in [0, 0.1) is 0 Å². The number of aromatic nitrogens is 4. The van der Waals surface area contributed by atoms with Crippen molar-refractivity contribution in [2.75, 3.05) is 0 Å². The Hall–Kier alpha value is -2.52. The van der Waals surface area contributed by atoms with Crippen LogP contribution in [-0.2, 0) is 5.41 Å². The Morgan fingerprint density at radius 3 is 1.31 bits per heavy atom. The highest BCUT2D eigenvalue weighted by molar-refractivity contribution is 9.11. The number of unbranched alkanes of at least 4 members (excludes halogenated alkanes) is 10. The Labute approximate surface area is 316 Å². The van der Waals surface area contributed by atoms with Gasteiger partial charge in [0.2, 0.25) is 0 Å². The van der Waals surface area contributed by atoms with Gasteiger partial charge in [-0.1, -0.05) is 127 Å². The maximum absolute atomic E-state index is 4.75. The van der Waals surface area contributed by atoms with Crippen molar-refractivity contribution in [1.82, 2.24) is 17.5 Å². The predicted molar refractivity (Wildman–Crippen MR) is 217 cm³/mol. The Morgan fingerprint density at radius 2 is 0.857 bits per heavy atom. The number of hydrogen-bond donors (Lipinski definition) is 0. The van der Waals surface area contributed by atoms with Gasteiger partial charge in [-0.25, -0.2) is 0 Å². The van der Waals surface area contributed by atoms with E-state index in [0.717, 1.165) is 42.1 Å². The number of nitrogens with zero attached hydrogens (tertiary/aromatic N) is 4. The van der Waals surface area contributed by atoms with Gasteiger partial charge in [0.15, 0.2) is 0 Å². The third-order valence-electron chi connectivity index (χ3n) is 10.6. The van der Waals surface area contributed by atoms with Gasteiger partial charge in [-0.15, -0.1) is 0 Å². The molecule has 0 unspecified atom stereocenters. The fraction of sp³-hybridized carbons (Fsp3) is 0.415. The van der Waals surface area contributed by atoms with Crippen LogP contribution in [0.15, 0.2) is 69.6 Å². The molecule has 8 heteroatoms. The Morgan fingerprint density at radius 1 is 0.469 bits per heavy atom. The van der Waals surface area contributed by atoms with Crippen LogP contribution in [0.3, 0.4) is 0 Å². The molecule has 0 saturated heterocycles. The minimum Gasteiger partial charge on any atom is -0.172 e. The molecule has 2 aromatic heterocycles. The van der Waals surface area contributed by atoms with Crippen molar-refractivity contribution < 1.29 is 0 Å². The van der Waals surface area contributed by atoms with E-state index in [4.69, 9.17) is 8.75 Å². The van der Waals surface area contributed by atoms with E-state index in [-0.39, 0.29) is 5.41 Å². The molecule has 49 heavy (non-hydrogen) atoms. The van der Waals surface area contributed by atoms with Crippen LogP contribution < -0.4 is 0 Å². The summed E-state index contributed by atoms with van der Waals surface area (Å²) in [7, 11) is 0. The van der Waals surface area contributed by atoms with Crippen LogP contribution in [0.4, 0.5) is 0 Å². The fourth-order valence-corrected chi connectivity index (χ4v) is 10.2. The molecule has 0 fully saturated rings. The zero-order valence-electron chi connectivity index (χ0n) is 28.5. The Kier molecular flexibility index (Phi) is 11.3. The normalized spacial score (nSPS) is 13.4. The quantitative estimate of drug-likeness (QED) is 0.0913. The van der Waals surface area contributed by atoms with Crippen LogP contribution >= 0.6 is 55.3 Å². The summed E-state index contributed by atoms with van der Waals surface area (Å²) < 4.78 is 20.7. The monoisotopic (exact) mass is 814 g/mol. The van der Waals surface area contributed by atoms with E-state index < -0.39 is 0 Å². The van der Waals surface area contributed by atoms with Gasteiger partial charge in [-0.05, 0) is 102 Å². The Balaban J connectivity index is 1.35. The van der Waals surface area contributed by atoms with Crippen molar-refractivity contribution in [3.63, 3.8) is 0 Å². The van der Waals surface area contributed by atoms with E-state index in [1.165, 1.54) is 147 Å². The smallest absolute Gasteiger partial charge is 0.119 e. The lowest BCUT2D eigenvalue weighted by Crippen LogP contribution is -2.25. The zero-order chi connectivity index (χ0) is 33.8. The van der Waals surface area contributed by atoms with E-state index in [9.17, 15) is 0 Å². The van der Waals surface area contributed by atoms with Crippen LogP contribution in [-0.4, -0.2) is 17.5 Å². The van der Waals surface area contributed by atoms with Gasteiger partial charge in [-0.2, -0.15) is 17.5 Å². The summed E-state index contributed by atoms with van der Waals surface area (Å²) in [5.74, 6) is 0. The predicted octanol–water partition coefficient (Wildman–Crippen LogP) is 14.3. The number of rotatable bonds is 16. The molecule has 0 amide bonds. The molecule has 2 heterocycles. The first-order chi connectivity index (χ1) is 24.1. The van der Waals surface area contributed by atoms with E-state index in [1.54, 1.807) is 0 Å². The van der Waals surface area contributed by atoms with Crippen LogP contribution in [0.1, 0.15) is 115 Å². The lowest BCUT2D eigenvalue weighted by Gasteiger charge is -2.33. The summed E-state index contributed by atoms with van der Waals surface area (Å²) >= 11 is 9.99. The van der Waals surface area contributed by atoms with Crippen molar-refractivity contribution in [3.8, 4) is 33.4 Å². The lowest BCUT2D eigenvalue weighted by atomic mass is 9.70. The molecule has 1 aliphatic carbocycles. The summed E-state index contributed by atoms with van der Waals surface area (Å²) in [4.78, 5) is 0. The van der Waals surface area contributed by atoms with Crippen molar-refractivity contribution in [2.45, 2.75) is 109 Å². The summed E-state index contributed by atoms with van der Waals surface area (Å²) in [6.07, 6.45) is 18.0. The maximum Gasteiger partial charge on any atom is 0.119 e. The van der Waals surface area contributed by atoms with Gasteiger partial charge < -0.3 is 0 Å².